The average Bonchev–Trinajstić information content (AvgIpc) is 3.34. The summed E-state index contributed by atoms with van der Waals surface area (Å²) in [5.74, 6) is -1.68. The van der Waals surface area contributed by atoms with E-state index in [0.29, 0.717) is 17.8 Å². The lowest BCUT2D eigenvalue weighted by atomic mass is 9.92. The van der Waals surface area contributed by atoms with Gasteiger partial charge in [-0.25, -0.2) is 0 Å². The molecule has 3 aliphatic rings. The molecule has 2 fully saturated rings. The minimum atomic E-state index is -0.937. The molecule has 6 heteroatoms. The second-order valence-electron chi connectivity index (χ2n) is 8.15. The number of anilines is 1. The number of para-hydroxylation sites is 1. The summed E-state index contributed by atoms with van der Waals surface area (Å²) in [4.78, 5) is 40.7. The van der Waals surface area contributed by atoms with Crippen molar-refractivity contribution in [3.05, 3.63) is 29.8 Å². The number of fused-ring (bicyclic) bond motifs is 2. The van der Waals surface area contributed by atoms with Crippen LogP contribution in [-0.4, -0.2) is 48.7 Å². The molecule has 3 atom stereocenters. The predicted molar refractivity (Wildman–Crippen MR) is 102 cm³/mol. The molecule has 2 amide bonds. The molecule has 6 nitrogen and oxygen atoms in total. The summed E-state index contributed by atoms with van der Waals surface area (Å²) in [6, 6.07) is 7.02. The monoisotopic (exact) mass is 369 g/mol. The molecule has 0 spiro atoms. The first-order valence-corrected chi connectivity index (χ1v) is 9.98. The van der Waals surface area contributed by atoms with E-state index in [1.165, 1.54) is 19.3 Å². The molecular formula is C21H27N3O3. The average molecular weight is 369 g/mol. The highest BCUT2D eigenvalue weighted by molar-refractivity contribution is 6.19. The molecule has 0 unspecified atom stereocenters. The summed E-state index contributed by atoms with van der Waals surface area (Å²) in [5, 5.41) is 5.77. The summed E-state index contributed by atoms with van der Waals surface area (Å²) in [5.41, 5.74) is 0.103. The number of benzene rings is 1. The van der Waals surface area contributed by atoms with Crippen LogP contribution in [0, 0.1) is 17.3 Å². The van der Waals surface area contributed by atoms with Crippen molar-refractivity contribution in [2.75, 3.05) is 31.5 Å². The zero-order valence-electron chi connectivity index (χ0n) is 15.8. The second kappa shape index (κ2) is 7.08. The number of carbonyl (C=O) groups is 3. The van der Waals surface area contributed by atoms with Gasteiger partial charge in [0.15, 0.2) is 5.78 Å². The standard InChI is InChI=1S/C21H27N3O3/c1-21-16(19(26)22-10-7-13-24-11-5-2-6-12-24)17(21)20(27)23-15-9-4-3-8-14(15)18(21)25/h3-4,8-9,16-17H,2,5-7,10-13H2,1H3,(H,22,26)(H,23,27)/t16-,17+,21+/m0/s1. The fourth-order valence-electron chi connectivity index (χ4n) is 4.74. The van der Waals surface area contributed by atoms with Gasteiger partial charge in [-0.15, -0.1) is 0 Å². The maximum absolute atomic E-state index is 13.0. The van der Waals surface area contributed by atoms with Crippen LogP contribution in [0.25, 0.3) is 0 Å². The second-order valence-corrected chi connectivity index (χ2v) is 8.15. The van der Waals surface area contributed by atoms with Gasteiger partial charge in [0.05, 0.1) is 22.9 Å². The molecular weight excluding hydrogens is 342 g/mol. The molecule has 2 aliphatic heterocycles. The van der Waals surface area contributed by atoms with Crippen LogP contribution < -0.4 is 10.6 Å². The maximum atomic E-state index is 13.0. The minimum Gasteiger partial charge on any atom is -0.356 e. The Morgan fingerprint density at radius 3 is 2.74 bits per heavy atom. The number of nitrogens with one attached hydrogen (secondary N) is 2. The van der Waals surface area contributed by atoms with Gasteiger partial charge in [-0.05, 0) is 51.0 Å². The number of hydrogen-bond acceptors (Lipinski definition) is 4. The lowest BCUT2D eigenvalue weighted by molar-refractivity contribution is -0.125. The van der Waals surface area contributed by atoms with E-state index in [1.807, 2.05) is 0 Å². The molecule has 27 heavy (non-hydrogen) atoms. The van der Waals surface area contributed by atoms with Gasteiger partial charge in [-0.3, -0.25) is 14.4 Å². The van der Waals surface area contributed by atoms with Gasteiger partial charge < -0.3 is 15.5 Å². The number of Topliss-reactive ketones (excluding diaryl/α,β-unsaturated/α-hetero) is 1. The van der Waals surface area contributed by atoms with Crippen LogP contribution in [0.1, 0.15) is 43.0 Å². The Balaban J connectivity index is 1.37. The Labute approximate surface area is 159 Å². The lowest BCUT2D eigenvalue weighted by Gasteiger charge is -2.26. The topological polar surface area (TPSA) is 78.5 Å². The van der Waals surface area contributed by atoms with Crippen molar-refractivity contribution in [3.63, 3.8) is 0 Å². The van der Waals surface area contributed by atoms with Crippen molar-refractivity contribution in [2.45, 2.75) is 32.6 Å². The van der Waals surface area contributed by atoms with Gasteiger partial charge in [0, 0.05) is 12.1 Å². The van der Waals surface area contributed by atoms with Gasteiger partial charge >= 0.3 is 0 Å². The minimum absolute atomic E-state index is 0.116. The Bertz CT molecular complexity index is 772. The fraction of sp³-hybridized carbons (Fsp3) is 0.571. The number of ketones is 1. The number of piperidine rings is 1. The van der Waals surface area contributed by atoms with Crippen LogP contribution in [0.3, 0.4) is 0 Å². The first kappa shape index (κ1) is 18.2. The molecule has 1 saturated carbocycles. The van der Waals surface area contributed by atoms with Crippen molar-refractivity contribution in [2.24, 2.45) is 17.3 Å². The van der Waals surface area contributed by atoms with E-state index < -0.39 is 17.3 Å². The molecule has 2 N–H and O–H groups in total. The van der Waals surface area contributed by atoms with Crippen LogP contribution in [0.15, 0.2) is 24.3 Å². The van der Waals surface area contributed by atoms with Crippen molar-refractivity contribution in [1.29, 1.82) is 0 Å². The van der Waals surface area contributed by atoms with E-state index in [4.69, 9.17) is 0 Å². The highest BCUT2D eigenvalue weighted by Gasteiger charge is 2.73. The molecule has 4 rings (SSSR count). The van der Waals surface area contributed by atoms with Gasteiger partial charge in [-0.2, -0.15) is 0 Å². The van der Waals surface area contributed by atoms with Gasteiger partial charge in [0.1, 0.15) is 0 Å². The summed E-state index contributed by atoms with van der Waals surface area (Å²) in [6.07, 6.45) is 4.72. The number of carbonyl (C=O) groups excluding carboxylic acids is 3. The lowest BCUT2D eigenvalue weighted by Crippen LogP contribution is -2.34. The highest BCUT2D eigenvalue weighted by atomic mass is 16.2. The third-order valence-corrected chi connectivity index (χ3v) is 6.40. The number of amides is 2. The number of likely N-dealkylation sites (tertiary alicyclic amines) is 1. The van der Waals surface area contributed by atoms with Gasteiger partial charge in [0.2, 0.25) is 11.8 Å². The summed E-state index contributed by atoms with van der Waals surface area (Å²) >= 11 is 0. The molecule has 1 saturated heterocycles. The molecule has 144 valence electrons. The fourth-order valence-corrected chi connectivity index (χ4v) is 4.74. The zero-order valence-corrected chi connectivity index (χ0v) is 15.8. The smallest absolute Gasteiger partial charge is 0.229 e. The van der Waals surface area contributed by atoms with Crippen LogP contribution in [0.5, 0.6) is 0 Å². The third-order valence-electron chi connectivity index (χ3n) is 6.40. The normalized spacial score (nSPS) is 30.0. The van der Waals surface area contributed by atoms with E-state index >= 15 is 0 Å². The Kier molecular flexibility index (Phi) is 4.76. The Morgan fingerprint density at radius 2 is 1.96 bits per heavy atom. The largest absolute Gasteiger partial charge is 0.356 e. The molecule has 1 aromatic carbocycles. The summed E-state index contributed by atoms with van der Waals surface area (Å²) in [6.45, 7) is 5.61. The van der Waals surface area contributed by atoms with E-state index in [0.717, 1.165) is 26.1 Å². The molecule has 0 aromatic heterocycles. The van der Waals surface area contributed by atoms with Crippen LogP contribution >= 0.6 is 0 Å². The highest BCUT2D eigenvalue weighted by Crippen LogP contribution is 2.62. The van der Waals surface area contributed by atoms with Crippen molar-refractivity contribution < 1.29 is 14.4 Å². The van der Waals surface area contributed by atoms with Crippen molar-refractivity contribution >= 4 is 23.3 Å². The number of hydrogen-bond donors (Lipinski definition) is 2. The third kappa shape index (κ3) is 3.16. The van der Waals surface area contributed by atoms with E-state index in [1.54, 1.807) is 31.2 Å². The molecule has 2 heterocycles. The van der Waals surface area contributed by atoms with E-state index in [-0.39, 0.29) is 17.6 Å². The SMILES string of the molecule is C[C@]12C(=O)c3ccccc3NC(=O)[C@H]1[C@H]2C(=O)NCCCN1CCCCC1. The number of nitrogens with zero attached hydrogens (tertiary/aromatic N) is 1. The van der Waals surface area contributed by atoms with Crippen molar-refractivity contribution in [1.82, 2.24) is 10.2 Å². The molecule has 0 bridgehead atoms. The quantitative estimate of drug-likeness (QED) is 0.779. The zero-order chi connectivity index (χ0) is 19.0. The molecule has 1 aliphatic carbocycles. The van der Waals surface area contributed by atoms with Crippen LogP contribution in [0.2, 0.25) is 0 Å². The van der Waals surface area contributed by atoms with E-state index in [9.17, 15) is 14.4 Å². The van der Waals surface area contributed by atoms with Crippen LogP contribution in [-0.2, 0) is 9.59 Å². The van der Waals surface area contributed by atoms with E-state index in [2.05, 4.69) is 15.5 Å². The van der Waals surface area contributed by atoms with Crippen LogP contribution in [0.4, 0.5) is 5.69 Å². The Hall–Kier alpha value is -2.21. The predicted octanol–water partition coefficient (Wildman–Crippen LogP) is 2.07. The van der Waals surface area contributed by atoms with Crippen molar-refractivity contribution in [3.8, 4) is 0 Å². The van der Waals surface area contributed by atoms with Gasteiger partial charge in [-0.1, -0.05) is 25.5 Å². The first-order chi connectivity index (χ1) is 13.0. The Morgan fingerprint density at radius 1 is 1.22 bits per heavy atom. The maximum Gasteiger partial charge on any atom is 0.229 e. The summed E-state index contributed by atoms with van der Waals surface area (Å²) < 4.78 is 0. The molecule has 0 radical (unpaired) electrons. The van der Waals surface area contributed by atoms with Gasteiger partial charge in [0.25, 0.3) is 0 Å². The first-order valence-electron chi connectivity index (χ1n) is 9.98. The molecule has 1 aromatic rings. The number of rotatable bonds is 5. The summed E-state index contributed by atoms with van der Waals surface area (Å²) in [7, 11) is 0.